The molecule has 0 fully saturated rings. The van der Waals surface area contributed by atoms with Gasteiger partial charge >= 0.3 is 0 Å². The lowest BCUT2D eigenvalue weighted by molar-refractivity contribution is 0.0647. The van der Waals surface area contributed by atoms with Gasteiger partial charge in [-0.25, -0.2) is 4.98 Å². The van der Waals surface area contributed by atoms with Crippen molar-refractivity contribution in [1.82, 2.24) is 19.8 Å². The maximum atomic E-state index is 13.5. The molecule has 1 aromatic heterocycles. The summed E-state index contributed by atoms with van der Waals surface area (Å²) in [6, 6.07) is 11.7. The third-order valence-electron chi connectivity index (χ3n) is 6.22. The van der Waals surface area contributed by atoms with Crippen molar-refractivity contribution in [2.45, 2.75) is 46.6 Å². The fraction of sp³-hybridized carbons (Fsp3) is 0.370. The summed E-state index contributed by atoms with van der Waals surface area (Å²) in [4.78, 5) is 61.8. The summed E-state index contributed by atoms with van der Waals surface area (Å²) in [5.41, 5.74) is 1.23. The van der Waals surface area contributed by atoms with Crippen LogP contribution in [0.4, 0.5) is 0 Å². The number of aromatic amines is 1. The smallest absolute Gasteiger partial charge is 0.261 e. The molecule has 0 saturated heterocycles. The molecule has 1 aliphatic heterocycles. The number of nitrogens with one attached hydrogen (secondary N) is 1. The van der Waals surface area contributed by atoms with Gasteiger partial charge in [0.05, 0.1) is 28.6 Å². The van der Waals surface area contributed by atoms with Crippen LogP contribution in [0, 0.1) is 5.92 Å². The van der Waals surface area contributed by atoms with Gasteiger partial charge in [0.2, 0.25) is 0 Å². The lowest BCUT2D eigenvalue weighted by Crippen LogP contribution is -2.33. The molecule has 2 heterocycles. The van der Waals surface area contributed by atoms with Crippen LogP contribution in [-0.4, -0.2) is 50.6 Å². The highest BCUT2D eigenvalue weighted by molar-refractivity contribution is 6.22. The third kappa shape index (κ3) is 5.01. The highest BCUT2D eigenvalue weighted by atomic mass is 16.2. The molecule has 8 nitrogen and oxygen atoms in total. The van der Waals surface area contributed by atoms with Gasteiger partial charge < -0.3 is 9.88 Å². The van der Waals surface area contributed by atoms with Crippen LogP contribution in [0.5, 0.6) is 0 Å². The van der Waals surface area contributed by atoms with Crippen LogP contribution in [0.1, 0.15) is 76.9 Å². The van der Waals surface area contributed by atoms with Crippen LogP contribution in [0.15, 0.2) is 47.3 Å². The maximum absolute atomic E-state index is 13.5. The standard InChI is InChI=1S/C27H30N4O4/c1-4-5-13-30(16-23-28-22-9-7-6-8-20(22)24(32)29-23)25(33)18-10-11-19-21(15-18)27(35)31(26(19)34)14-12-17(2)3/h6-11,15,17H,4-5,12-14,16H2,1-3H3,(H,28,29,32). The number of benzene rings is 2. The predicted octanol–water partition coefficient (Wildman–Crippen LogP) is 4.01. The van der Waals surface area contributed by atoms with Crippen LogP contribution in [0.25, 0.3) is 10.9 Å². The molecule has 182 valence electrons. The number of rotatable bonds is 9. The Morgan fingerprint density at radius 3 is 2.54 bits per heavy atom. The van der Waals surface area contributed by atoms with E-state index in [2.05, 4.69) is 9.97 Å². The van der Waals surface area contributed by atoms with Gasteiger partial charge in [0.25, 0.3) is 23.3 Å². The molecule has 8 heteroatoms. The van der Waals surface area contributed by atoms with Gasteiger partial charge in [-0.2, -0.15) is 0 Å². The third-order valence-corrected chi connectivity index (χ3v) is 6.22. The summed E-state index contributed by atoms with van der Waals surface area (Å²) >= 11 is 0. The van der Waals surface area contributed by atoms with E-state index < -0.39 is 0 Å². The first-order valence-electron chi connectivity index (χ1n) is 12.1. The summed E-state index contributed by atoms with van der Waals surface area (Å²) in [6.07, 6.45) is 2.38. The minimum atomic E-state index is -0.360. The van der Waals surface area contributed by atoms with E-state index in [0.29, 0.717) is 46.9 Å². The number of unbranched alkanes of at least 4 members (excludes halogenated alkanes) is 1. The zero-order valence-corrected chi connectivity index (χ0v) is 20.3. The van der Waals surface area contributed by atoms with Gasteiger partial charge in [-0.15, -0.1) is 0 Å². The van der Waals surface area contributed by atoms with Crippen LogP contribution in [0.3, 0.4) is 0 Å². The lowest BCUT2D eigenvalue weighted by atomic mass is 10.0. The van der Waals surface area contributed by atoms with E-state index in [4.69, 9.17) is 0 Å². The highest BCUT2D eigenvalue weighted by Crippen LogP contribution is 2.25. The number of H-pyrrole nitrogens is 1. The first kappa shape index (κ1) is 24.3. The van der Waals surface area contributed by atoms with E-state index in [-0.39, 0.29) is 35.4 Å². The number of aromatic nitrogens is 2. The molecule has 3 amide bonds. The number of fused-ring (bicyclic) bond motifs is 2. The number of carbonyl (C=O) groups is 3. The van der Waals surface area contributed by atoms with Crippen molar-refractivity contribution in [3.8, 4) is 0 Å². The molecule has 0 atom stereocenters. The Morgan fingerprint density at radius 2 is 1.80 bits per heavy atom. The van der Waals surface area contributed by atoms with Crippen molar-refractivity contribution < 1.29 is 14.4 Å². The average Bonchev–Trinajstić information content (AvgIpc) is 3.08. The Hall–Kier alpha value is -3.81. The molecule has 2 aromatic carbocycles. The second kappa shape index (κ2) is 10.2. The Labute approximate surface area is 204 Å². The van der Waals surface area contributed by atoms with Crippen LogP contribution < -0.4 is 5.56 Å². The van der Waals surface area contributed by atoms with Gasteiger partial charge in [-0.3, -0.25) is 24.1 Å². The summed E-state index contributed by atoms with van der Waals surface area (Å²) in [6.45, 7) is 7.07. The van der Waals surface area contributed by atoms with Crippen LogP contribution >= 0.6 is 0 Å². The normalized spacial score (nSPS) is 13.1. The minimum absolute atomic E-state index is 0.128. The van der Waals surface area contributed by atoms with E-state index in [9.17, 15) is 19.2 Å². The summed E-state index contributed by atoms with van der Waals surface area (Å²) < 4.78 is 0. The first-order chi connectivity index (χ1) is 16.8. The largest absolute Gasteiger partial charge is 0.331 e. The topological polar surface area (TPSA) is 103 Å². The van der Waals surface area contributed by atoms with Gasteiger partial charge in [0.1, 0.15) is 5.82 Å². The molecule has 0 radical (unpaired) electrons. The molecule has 0 spiro atoms. The van der Waals surface area contributed by atoms with Gasteiger partial charge in [0, 0.05) is 18.7 Å². The SMILES string of the molecule is CCCCN(Cc1nc2ccccc2c(=O)[nH]1)C(=O)c1ccc2c(c1)C(=O)N(CCC(C)C)C2=O. The maximum Gasteiger partial charge on any atom is 0.261 e. The predicted molar refractivity (Wildman–Crippen MR) is 133 cm³/mol. The first-order valence-corrected chi connectivity index (χ1v) is 12.1. The van der Waals surface area contributed by atoms with Crippen LogP contribution in [-0.2, 0) is 6.54 Å². The van der Waals surface area contributed by atoms with Crippen LogP contribution in [0.2, 0.25) is 0 Å². The fourth-order valence-electron chi connectivity index (χ4n) is 4.19. The Bertz CT molecular complexity index is 1340. The van der Waals surface area contributed by atoms with Gasteiger partial charge in [-0.05, 0) is 49.1 Å². The van der Waals surface area contributed by atoms with Crippen molar-refractivity contribution in [3.05, 3.63) is 75.3 Å². The molecule has 0 aliphatic carbocycles. The molecular formula is C27H30N4O4. The van der Waals surface area contributed by atoms with Gasteiger partial charge in [0.15, 0.2) is 0 Å². The summed E-state index contributed by atoms with van der Waals surface area (Å²) in [5.74, 6) is -0.201. The Kier molecular flexibility index (Phi) is 7.10. The fourth-order valence-corrected chi connectivity index (χ4v) is 4.19. The van der Waals surface area contributed by atoms with E-state index in [1.807, 2.05) is 26.8 Å². The van der Waals surface area contributed by atoms with E-state index in [1.165, 1.54) is 11.0 Å². The van der Waals surface area contributed by atoms with Crippen molar-refractivity contribution >= 4 is 28.6 Å². The number of imide groups is 1. The van der Waals surface area contributed by atoms with Crippen molar-refractivity contribution in [3.63, 3.8) is 0 Å². The van der Waals surface area contributed by atoms with Gasteiger partial charge in [-0.1, -0.05) is 39.3 Å². The summed E-state index contributed by atoms with van der Waals surface area (Å²) in [7, 11) is 0. The summed E-state index contributed by atoms with van der Waals surface area (Å²) in [5, 5.41) is 0.492. The highest BCUT2D eigenvalue weighted by Gasteiger charge is 2.36. The molecule has 35 heavy (non-hydrogen) atoms. The molecular weight excluding hydrogens is 444 g/mol. The quantitative estimate of drug-likeness (QED) is 0.472. The zero-order valence-electron chi connectivity index (χ0n) is 20.3. The second-order valence-electron chi connectivity index (χ2n) is 9.31. The Balaban J connectivity index is 1.60. The number of amides is 3. The number of carbonyl (C=O) groups excluding carboxylic acids is 3. The molecule has 4 rings (SSSR count). The number of para-hydroxylation sites is 1. The number of hydrogen-bond donors (Lipinski definition) is 1. The minimum Gasteiger partial charge on any atom is -0.331 e. The van der Waals surface area contributed by atoms with Crippen molar-refractivity contribution in [2.75, 3.05) is 13.1 Å². The van der Waals surface area contributed by atoms with Crippen molar-refractivity contribution in [1.29, 1.82) is 0 Å². The molecule has 1 N–H and O–H groups in total. The molecule has 0 saturated carbocycles. The molecule has 1 aliphatic rings. The number of hydrogen-bond acceptors (Lipinski definition) is 5. The van der Waals surface area contributed by atoms with E-state index >= 15 is 0 Å². The lowest BCUT2D eigenvalue weighted by Gasteiger charge is -2.22. The Morgan fingerprint density at radius 1 is 1.06 bits per heavy atom. The van der Waals surface area contributed by atoms with Crippen molar-refractivity contribution in [2.24, 2.45) is 5.92 Å². The number of nitrogens with zero attached hydrogens (tertiary/aromatic N) is 3. The van der Waals surface area contributed by atoms with E-state index in [1.54, 1.807) is 35.2 Å². The monoisotopic (exact) mass is 474 g/mol. The second-order valence-corrected chi connectivity index (χ2v) is 9.31. The molecule has 0 unspecified atom stereocenters. The molecule has 3 aromatic rings. The van der Waals surface area contributed by atoms with E-state index in [0.717, 1.165) is 19.3 Å². The average molecular weight is 475 g/mol. The zero-order chi connectivity index (χ0) is 25.1. The molecule has 0 bridgehead atoms.